The second-order valence-electron chi connectivity index (χ2n) is 4.61. The van der Waals surface area contributed by atoms with Gasteiger partial charge in [-0.05, 0) is 74.3 Å². The highest BCUT2D eigenvalue weighted by Gasteiger charge is 2.24. The minimum absolute atomic E-state index is 0.666. The Bertz CT molecular complexity index is 582. The molecule has 0 heterocycles. The highest BCUT2D eigenvalue weighted by atomic mass is 127. The summed E-state index contributed by atoms with van der Waals surface area (Å²) < 4.78 is 2.40. The molecule has 0 saturated heterocycles. The number of rotatable bonds is 3. The van der Waals surface area contributed by atoms with Gasteiger partial charge in [-0.1, -0.05) is 24.3 Å². The lowest BCUT2D eigenvalue weighted by atomic mass is 9.77. The summed E-state index contributed by atoms with van der Waals surface area (Å²) in [4.78, 5) is 0. The van der Waals surface area contributed by atoms with Crippen molar-refractivity contribution in [1.82, 2.24) is 0 Å². The maximum absolute atomic E-state index is 3.56. The van der Waals surface area contributed by atoms with Crippen molar-refractivity contribution in [3.05, 3.63) is 61.6 Å². The van der Waals surface area contributed by atoms with E-state index in [2.05, 4.69) is 86.3 Å². The Morgan fingerprint density at radius 2 is 2.06 bits per heavy atom. The van der Waals surface area contributed by atoms with Crippen molar-refractivity contribution in [3.8, 4) is 0 Å². The first-order chi connectivity index (χ1) is 8.74. The zero-order chi connectivity index (χ0) is 12.5. The summed E-state index contributed by atoms with van der Waals surface area (Å²) in [7, 11) is 0. The van der Waals surface area contributed by atoms with Crippen LogP contribution in [0.1, 0.15) is 17.0 Å². The van der Waals surface area contributed by atoms with Crippen LogP contribution >= 0.6 is 38.5 Å². The highest BCUT2D eigenvalue weighted by Crippen LogP contribution is 2.35. The van der Waals surface area contributed by atoms with E-state index in [0.29, 0.717) is 5.92 Å². The molecule has 0 bridgehead atoms. The summed E-state index contributed by atoms with van der Waals surface area (Å²) in [5, 5.41) is 3.52. The molecule has 1 N–H and O–H groups in total. The Morgan fingerprint density at radius 3 is 2.83 bits per heavy atom. The van der Waals surface area contributed by atoms with Gasteiger partial charge < -0.3 is 5.32 Å². The molecule has 1 aliphatic rings. The van der Waals surface area contributed by atoms with Gasteiger partial charge in [0, 0.05) is 26.2 Å². The van der Waals surface area contributed by atoms with E-state index in [1.165, 1.54) is 26.8 Å². The quantitative estimate of drug-likeness (QED) is 0.712. The van der Waals surface area contributed by atoms with E-state index >= 15 is 0 Å². The summed E-state index contributed by atoms with van der Waals surface area (Å²) in [5.74, 6) is 0.666. The molecule has 0 radical (unpaired) electrons. The predicted octanol–water partition coefficient (Wildman–Crippen LogP) is 4.81. The Hall–Kier alpha value is -0.550. The van der Waals surface area contributed by atoms with Crippen molar-refractivity contribution in [2.75, 3.05) is 11.9 Å². The molecule has 0 aliphatic heterocycles. The predicted molar refractivity (Wildman–Crippen MR) is 88.2 cm³/mol. The third kappa shape index (κ3) is 2.43. The Kier molecular flexibility index (Phi) is 3.61. The first-order valence-corrected chi connectivity index (χ1v) is 7.88. The molecule has 1 aliphatic carbocycles. The number of nitrogens with one attached hydrogen (secondary N) is 1. The van der Waals surface area contributed by atoms with Gasteiger partial charge >= 0.3 is 0 Å². The lowest BCUT2D eigenvalue weighted by Gasteiger charge is -2.30. The van der Waals surface area contributed by atoms with Gasteiger partial charge in [0.1, 0.15) is 0 Å². The summed E-state index contributed by atoms with van der Waals surface area (Å²) >= 11 is 5.89. The van der Waals surface area contributed by atoms with Gasteiger partial charge in [-0.25, -0.2) is 0 Å². The molecule has 3 heteroatoms. The first kappa shape index (κ1) is 12.5. The van der Waals surface area contributed by atoms with E-state index in [1.54, 1.807) is 0 Å². The molecule has 0 fully saturated rings. The van der Waals surface area contributed by atoms with Crippen molar-refractivity contribution in [1.29, 1.82) is 0 Å². The third-order valence-corrected chi connectivity index (χ3v) is 5.77. The van der Waals surface area contributed by atoms with Gasteiger partial charge in [-0.3, -0.25) is 0 Å². The summed E-state index contributed by atoms with van der Waals surface area (Å²) in [5.41, 5.74) is 4.20. The Labute approximate surface area is 129 Å². The first-order valence-electron chi connectivity index (χ1n) is 6.01. The number of benzene rings is 2. The summed E-state index contributed by atoms with van der Waals surface area (Å²) in [6.45, 7) is 1.02. The second-order valence-corrected chi connectivity index (χ2v) is 6.63. The third-order valence-electron chi connectivity index (χ3n) is 3.43. The number of halogens is 2. The van der Waals surface area contributed by atoms with Crippen LogP contribution in [0.4, 0.5) is 5.69 Å². The fraction of sp³-hybridized carbons (Fsp3) is 0.200. The monoisotopic (exact) mass is 413 g/mol. The van der Waals surface area contributed by atoms with Crippen LogP contribution < -0.4 is 5.32 Å². The van der Waals surface area contributed by atoms with Gasteiger partial charge in [0.2, 0.25) is 0 Å². The normalized spacial score (nSPS) is 16.9. The van der Waals surface area contributed by atoms with Crippen LogP contribution in [0.3, 0.4) is 0 Å². The van der Waals surface area contributed by atoms with Crippen LogP contribution in [0.2, 0.25) is 0 Å². The van der Waals surface area contributed by atoms with Crippen LogP contribution in [-0.4, -0.2) is 6.54 Å². The molecule has 1 unspecified atom stereocenters. The number of fused-ring (bicyclic) bond motifs is 1. The maximum atomic E-state index is 3.56. The second kappa shape index (κ2) is 5.21. The van der Waals surface area contributed by atoms with E-state index in [-0.39, 0.29) is 0 Å². The Balaban J connectivity index is 1.65. The number of anilines is 1. The molecule has 0 aromatic heterocycles. The standard InChI is InChI=1S/C15H13BrIN/c16-14-8-12(5-6-15(14)17)18-9-11-7-10-3-1-2-4-13(10)11/h1-6,8,11,18H,7,9H2. The van der Waals surface area contributed by atoms with E-state index in [1.807, 2.05) is 0 Å². The molecule has 2 aromatic carbocycles. The van der Waals surface area contributed by atoms with Crippen LogP contribution in [0.5, 0.6) is 0 Å². The van der Waals surface area contributed by atoms with E-state index in [4.69, 9.17) is 0 Å². The van der Waals surface area contributed by atoms with Gasteiger partial charge in [-0.15, -0.1) is 0 Å². The molecular weight excluding hydrogens is 401 g/mol. The minimum Gasteiger partial charge on any atom is -0.384 e. The topological polar surface area (TPSA) is 12.0 Å². The van der Waals surface area contributed by atoms with Crippen LogP contribution in [-0.2, 0) is 6.42 Å². The molecule has 3 rings (SSSR count). The van der Waals surface area contributed by atoms with Crippen LogP contribution in [0, 0.1) is 3.57 Å². The van der Waals surface area contributed by atoms with Crippen molar-refractivity contribution in [3.63, 3.8) is 0 Å². The summed E-state index contributed by atoms with van der Waals surface area (Å²) in [6, 6.07) is 15.1. The number of hydrogen-bond acceptors (Lipinski definition) is 1. The molecule has 2 aromatic rings. The lowest BCUT2D eigenvalue weighted by molar-refractivity contribution is 0.636. The zero-order valence-corrected chi connectivity index (χ0v) is 13.5. The van der Waals surface area contributed by atoms with Gasteiger partial charge in [0.05, 0.1) is 0 Å². The molecule has 1 nitrogen and oxygen atoms in total. The van der Waals surface area contributed by atoms with E-state index in [0.717, 1.165) is 11.0 Å². The largest absolute Gasteiger partial charge is 0.384 e. The SMILES string of the molecule is Brc1cc(NCC2Cc3ccccc32)ccc1I. The fourth-order valence-corrected chi connectivity index (χ4v) is 3.11. The Morgan fingerprint density at radius 1 is 1.22 bits per heavy atom. The lowest BCUT2D eigenvalue weighted by Crippen LogP contribution is -2.24. The molecule has 92 valence electrons. The van der Waals surface area contributed by atoms with Gasteiger partial charge in [0.15, 0.2) is 0 Å². The van der Waals surface area contributed by atoms with Crippen molar-refractivity contribution < 1.29 is 0 Å². The molecule has 0 saturated carbocycles. The van der Waals surface area contributed by atoms with Crippen molar-refractivity contribution >= 4 is 44.2 Å². The zero-order valence-electron chi connectivity index (χ0n) is 9.79. The van der Waals surface area contributed by atoms with Crippen molar-refractivity contribution in [2.24, 2.45) is 0 Å². The summed E-state index contributed by atoms with van der Waals surface area (Å²) in [6.07, 6.45) is 1.20. The van der Waals surface area contributed by atoms with Gasteiger partial charge in [0.25, 0.3) is 0 Å². The average molecular weight is 414 g/mol. The molecule has 1 atom stereocenters. The molecule has 0 amide bonds. The van der Waals surface area contributed by atoms with Gasteiger partial charge in [-0.2, -0.15) is 0 Å². The maximum Gasteiger partial charge on any atom is 0.0352 e. The molecular formula is C15H13BrIN. The molecule has 0 spiro atoms. The van der Waals surface area contributed by atoms with E-state index in [9.17, 15) is 0 Å². The van der Waals surface area contributed by atoms with Crippen molar-refractivity contribution in [2.45, 2.75) is 12.3 Å². The average Bonchev–Trinajstić information content (AvgIpc) is 2.35. The van der Waals surface area contributed by atoms with Crippen LogP contribution in [0.15, 0.2) is 46.9 Å². The number of hydrogen-bond donors (Lipinski definition) is 1. The van der Waals surface area contributed by atoms with Crippen LogP contribution in [0.25, 0.3) is 0 Å². The van der Waals surface area contributed by atoms with E-state index < -0.39 is 0 Å². The smallest absolute Gasteiger partial charge is 0.0352 e. The fourth-order valence-electron chi connectivity index (χ4n) is 2.39. The highest BCUT2D eigenvalue weighted by molar-refractivity contribution is 14.1. The minimum atomic E-state index is 0.666. The molecule has 18 heavy (non-hydrogen) atoms.